The van der Waals surface area contributed by atoms with Crippen LogP contribution < -0.4 is 5.32 Å². The molecule has 0 aliphatic carbocycles. The highest BCUT2D eigenvalue weighted by atomic mass is 32.2. The number of nitrogens with zero attached hydrogens (tertiary/aromatic N) is 1. The molecular formula is C15H18F4NO2S. The second-order valence-corrected chi connectivity index (χ2v) is 7.94. The Kier molecular flexibility index (Phi) is 5.35. The summed E-state index contributed by atoms with van der Waals surface area (Å²) in [5, 5.41) is 3.71. The van der Waals surface area contributed by atoms with Crippen molar-refractivity contribution >= 4 is 9.84 Å². The van der Waals surface area contributed by atoms with Gasteiger partial charge in [0.2, 0.25) is 0 Å². The first kappa shape index (κ1) is 18.2. The zero-order valence-electron chi connectivity index (χ0n) is 12.6. The molecule has 0 saturated carbocycles. The molecule has 3 unspecified atom stereocenters. The predicted molar refractivity (Wildman–Crippen MR) is 77.3 cm³/mol. The summed E-state index contributed by atoms with van der Waals surface area (Å²) >= 11 is 0. The summed E-state index contributed by atoms with van der Waals surface area (Å²) in [5.74, 6) is -0.780. The molecule has 3 atom stereocenters. The Hall–Kier alpha value is -1.15. The van der Waals surface area contributed by atoms with Crippen LogP contribution in [0.5, 0.6) is 0 Å². The van der Waals surface area contributed by atoms with Crippen molar-refractivity contribution in [2.45, 2.75) is 37.1 Å². The van der Waals surface area contributed by atoms with Crippen LogP contribution >= 0.6 is 0 Å². The molecule has 2 rings (SSSR count). The average molecular weight is 352 g/mol. The molecule has 8 heteroatoms. The van der Waals surface area contributed by atoms with E-state index >= 15 is 0 Å². The Morgan fingerprint density at radius 2 is 2.04 bits per heavy atom. The molecule has 1 aromatic carbocycles. The van der Waals surface area contributed by atoms with E-state index in [0.717, 1.165) is 18.2 Å². The van der Waals surface area contributed by atoms with Gasteiger partial charge in [0.15, 0.2) is 16.1 Å². The van der Waals surface area contributed by atoms with Crippen LogP contribution in [0.2, 0.25) is 0 Å². The average Bonchev–Trinajstić information content (AvgIpc) is 2.46. The number of piperidine rings is 1. The van der Waals surface area contributed by atoms with E-state index in [-0.39, 0.29) is 28.9 Å². The number of hydrogen-bond donors (Lipinski definition) is 0. The summed E-state index contributed by atoms with van der Waals surface area (Å²) in [5.41, 5.74) is -0.994. The van der Waals surface area contributed by atoms with E-state index in [2.05, 4.69) is 5.32 Å². The normalized spacial score (nSPS) is 24.4. The largest absolute Gasteiger partial charge is 0.416 e. The lowest BCUT2D eigenvalue weighted by Crippen LogP contribution is -2.34. The highest BCUT2D eigenvalue weighted by Gasteiger charge is 2.33. The highest BCUT2D eigenvalue weighted by molar-refractivity contribution is 7.91. The lowest BCUT2D eigenvalue weighted by atomic mass is 9.87. The van der Waals surface area contributed by atoms with Crippen molar-refractivity contribution in [2.24, 2.45) is 11.8 Å². The third-order valence-electron chi connectivity index (χ3n) is 4.13. The van der Waals surface area contributed by atoms with Gasteiger partial charge in [-0.3, -0.25) is 0 Å². The fourth-order valence-corrected chi connectivity index (χ4v) is 4.53. The SMILES string of the molecule is CC(CS(=O)(=O)c1cccc(C(F)(F)F)c1)C1CC[N]C(F)C1. The van der Waals surface area contributed by atoms with Crippen molar-refractivity contribution in [1.82, 2.24) is 5.32 Å². The van der Waals surface area contributed by atoms with Gasteiger partial charge in [0.1, 0.15) is 0 Å². The molecule has 1 aliphatic heterocycles. The molecule has 23 heavy (non-hydrogen) atoms. The van der Waals surface area contributed by atoms with E-state index in [1.807, 2.05) is 0 Å². The zero-order chi connectivity index (χ0) is 17.3. The predicted octanol–water partition coefficient (Wildman–Crippen LogP) is 3.43. The lowest BCUT2D eigenvalue weighted by molar-refractivity contribution is -0.137. The van der Waals surface area contributed by atoms with E-state index in [9.17, 15) is 26.0 Å². The van der Waals surface area contributed by atoms with Crippen molar-refractivity contribution in [1.29, 1.82) is 0 Å². The number of halogens is 4. The smallest absolute Gasteiger partial charge is 0.229 e. The summed E-state index contributed by atoms with van der Waals surface area (Å²) in [6.45, 7) is 2.04. The fraction of sp³-hybridized carbons (Fsp3) is 0.600. The number of benzene rings is 1. The Morgan fingerprint density at radius 1 is 1.35 bits per heavy atom. The standard InChI is InChI=1S/C15H18F4NO2S/c1-10(11-5-6-20-14(16)7-11)9-23(21,22)13-4-2-3-12(8-13)15(17,18)19/h2-4,8,10-11,14H,5-7,9H2,1H3. The van der Waals surface area contributed by atoms with Crippen LogP contribution in [0.1, 0.15) is 25.3 Å². The fourth-order valence-electron chi connectivity index (χ4n) is 2.78. The van der Waals surface area contributed by atoms with Gasteiger partial charge in [0, 0.05) is 6.54 Å². The van der Waals surface area contributed by atoms with Crippen molar-refractivity contribution in [3.63, 3.8) is 0 Å². The molecule has 0 spiro atoms. The molecule has 0 amide bonds. The third-order valence-corrected chi connectivity index (χ3v) is 6.07. The maximum atomic E-state index is 13.3. The van der Waals surface area contributed by atoms with Crippen LogP contribution in [-0.2, 0) is 16.0 Å². The molecule has 1 aromatic rings. The van der Waals surface area contributed by atoms with Crippen LogP contribution in [0.15, 0.2) is 29.2 Å². The zero-order valence-corrected chi connectivity index (χ0v) is 13.4. The Balaban J connectivity index is 2.15. The molecule has 1 saturated heterocycles. The molecular weight excluding hydrogens is 334 g/mol. The van der Waals surface area contributed by atoms with E-state index < -0.39 is 27.9 Å². The topological polar surface area (TPSA) is 48.2 Å². The highest BCUT2D eigenvalue weighted by Crippen LogP contribution is 2.32. The Bertz CT molecular complexity index is 645. The van der Waals surface area contributed by atoms with E-state index in [1.54, 1.807) is 6.92 Å². The summed E-state index contributed by atoms with van der Waals surface area (Å²) in [7, 11) is -3.86. The molecule has 1 aliphatic rings. The quantitative estimate of drug-likeness (QED) is 0.616. The summed E-state index contributed by atoms with van der Waals surface area (Å²) in [6, 6.07) is 3.72. The van der Waals surface area contributed by atoms with Gasteiger partial charge in [0.25, 0.3) is 0 Å². The van der Waals surface area contributed by atoms with Crippen LogP contribution in [0.25, 0.3) is 0 Å². The minimum absolute atomic E-state index is 0.136. The number of rotatable bonds is 4. The van der Waals surface area contributed by atoms with Gasteiger partial charge >= 0.3 is 6.18 Å². The molecule has 1 fully saturated rings. The molecule has 1 radical (unpaired) electrons. The van der Waals surface area contributed by atoms with Gasteiger partial charge in [-0.05, 0) is 42.9 Å². The third kappa shape index (κ3) is 4.67. The molecule has 3 nitrogen and oxygen atoms in total. The molecule has 0 N–H and O–H groups in total. The molecule has 1 heterocycles. The Labute approximate surface area is 133 Å². The second-order valence-electron chi connectivity index (χ2n) is 5.91. The van der Waals surface area contributed by atoms with Crippen LogP contribution in [0.3, 0.4) is 0 Å². The van der Waals surface area contributed by atoms with Crippen molar-refractivity contribution in [2.75, 3.05) is 12.3 Å². The van der Waals surface area contributed by atoms with Gasteiger partial charge in [-0.15, -0.1) is 0 Å². The maximum Gasteiger partial charge on any atom is 0.416 e. The first-order chi connectivity index (χ1) is 10.6. The van der Waals surface area contributed by atoms with Crippen LogP contribution in [0.4, 0.5) is 17.6 Å². The number of sulfone groups is 1. The maximum absolute atomic E-state index is 13.3. The van der Waals surface area contributed by atoms with Gasteiger partial charge in [-0.2, -0.15) is 13.2 Å². The first-order valence-corrected chi connectivity index (χ1v) is 8.95. The lowest BCUT2D eigenvalue weighted by Gasteiger charge is -2.29. The van der Waals surface area contributed by atoms with Crippen molar-refractivity contribution in [3.8, 4) is 0 Å². The van der Waals surface area contributed by atoms with Gasteiger partial charge in [-0.25, -0.2) is 18.1 Å². The number of hydrogen-bond acceptors (Lipinski definition) is 2. The van der Waals surface area contributed by atoms with E-state index in [1.165, 1.54) is 0 Å². The van der Waals surface area contributed by atoms with Gasteiger partial charge in [0.05, 0.1) is 16.2 Å². The summed E-state index contributed by atoms with van der Waals surface area (Å²) in [4.78, 5) is -0.350. The van der Waals surface area contributed by atoms with E-state index in [4.69, 9.17) is 0 Å². The molecule has 129 valence electrons. The van der Waals surface area contributed by atoms with Gasteiger partial charge < -0.3 is 0 Å². The van der Waals surface area contributed by atoms with E-state index in [0.29, 0.717) is 19.0 Å². The Morgan fingerprint density at radius 3 is 2.65 bits per heavy atom. The van der Waals surface area contributed by atoms with Crippen LogP contribution in [-0.4, -0.2) is 27.0 Å². The summed E-state index contributed by atoms with van der Waals surface area (Å²) < 4.78 is 76.1. The number of alkyl halides is 4. The summed E-state index contributed by atoms with van der Waals surface area (Å²) in [6.07, 6.45) is -5.12. The van der Waals surface area contributed by atoms with Crippen LogP contribution in [0, 0.1) is 11.8 Å². The van der Waals surface area contributed by atoms with Crippen molar-refractivity contribution < 1.29 is 26.0 Å². The molecule has 0 aromatic heterocycles. The molecule has 0 bridgehead atoms. The van der Waals surface area contributed by atoms with Crippen molar-refractivity contribution in [3.05, 3.63) is 29.8 Å². The van der Waals surface area contributed by atoms with Gasteiger partial charge in [-0.1, -0.05) is 13.0 Å². The second kappa shape index (κ2) is 6.76. The first-order valence-electron chi connectivity index (χ1n) is 7.30. The monoisotopic (exact) mass is 352 g/mol. The minimum atomic E-state index is -4.59. The minimum Gasteiger partial charge on any atom is -0.229 e.